The number of aromatic nitrogens is 2. The zero-order chi connectivity index (χ0) is 12.6. The summed E-state index contributed by atoms with van der Waals surface area (Å²) in [6.45, 7) is 7.08. The van der Waals surface area contributed by atoms with Crippen LogP contribution in [0.15, 0.2) is 10.7 Å². The minimum atomic E-state index is -0.0146. The van der Waals surface area contributed by atoms with Crippen molar-refractivity contribution in [3.63, 3.8) is 0 Å². The molecule has 0 aromatic carbocycles. The van der Waals surface area contributed by atoms with Crippen LogP contribution in [-0.4, -0.2) is 22.5 Å². The van der Waals surface area contributed by atoms with E-state index in [0.717, 1.165) is 23.2 Å². The van der Waals surface area contributed by atoms with Gasteiger partial charge in [0.25, 0.3) is 0 Å². The molecule has 0 radical (unpaired) electrons. The lowest BCUT2D eigenvalue weighted by Gasteiger charge is -2.21. The van der Waals surface area contributed by atoms with E-state index in [-0.39, 0.29) is 6.04 Å². The maximum atomic E-state index is 6.38. The average Bonchev–Trinajstić information content (AvgIpc) is 2.83. The summed E-state index contributed by atoms with van der Waals surface area (Å²) in [6, 6.07) is 0.307. The summed E-state index contributed by atoms with van der Waals surface area (Å²) in [5, 5.41) is 4.38. The topological polar surface area (TPSA) is 53.1 Å². The zero-order valence-electron chi connectivity index (χ0n) is 10.6. The smallest absolute Gasteiger partial charge is 0.0700 e. The second kappa shape index (κ2) is 5.08. The summed E-state index contributed by atoms with van der Waals surface area (Å²) < 4.78 is 8.60. The van der Waals surface area contributed by atoms with Gasteiger partial charge >= 0.3 is 0 Å². The molecule has 1 aliphatic heterocycles. The number of rotatable bonds is 3. The SMILES string of the molecule is CC1CC(C(N)c2c(Br)cnn2C(C)C)CO1. The molecule has 0 amide bonds. The lowest BCUT2D eigenvalue weighted by atomic mass is 9.95. The van der Waals surface area contributed by atoms with E-state index < -0.39 is 0 Å². The van der Waals surface area contributed by atoms with Gasteiger partial charge in [-0.05, 0) is 43.1 Å². The van der Waals surface area contributed by atoms with Crippen LogP contribution in [0.25, 0.3) is 0 Å². The Kier molecular flexibility index (Phi) is 3.90. The van der Waals surface area contributed by atoms with E-state index in [0.29, 0.717) is 18.1 Å². The highest BCUT2D eigenvalue weighted by atomic mass is 79.9. The number of ether oxygens (including phenoxy) is 1. The lowest BCUT2D eigenvalue weighted by molar-refractivity contribution is 0.118. The van der Waals surface area contributed by atoms with E-state index in [1.165, 1.54) is 0 Å². The molecule has 0 bridgehead atoms. The first-order chi connectivity index (χ1) is 8.00. The first kappa shape index (κ1) is 13.1. The van der Waals surface area contributed by atoms with Crippen LogP contribution in [0, 0.1) is 5.92 Å². The molecule has 17 heavy (non-hydrogen) atoms. The summed E-state index contributed by atoms with van der Waals surface area (Å²) in [6.07, 6.45) is 3.17. The Labute approximate surface area is 111 Å². The molecule has 2 rings (SSSR count). The average molecular weight is 302 g/mol. The third-order valence-electron chi connectivity index (χ3n) is 3.33. The number of nitrogens with zero attached hydrogens (tertiary/aromatic N) is 2. The fourth-order valence-electron chi connectivity index (χ4n) is 2.40. The minimum Gasteiger partial charge on any atom is -0.378 e. The first-order valence-corrected chi connectivity index (χ1v) is 6.90. The van der Waals surface area contributed by atoms with Crippen LogP contribution < -0.4 is 5.73 Å². The van der Waals surface area contributed by atoms with Gasteiger partial charge < -0.3 is 10.5 Å². The fraction of sp³-hybridized carbons (Fsp3) is 0.750. The summed E-state index contributed by atoms with van der Waals surface area (Å²) in [5.41, 5.74) is 7.46. The highest BCUT2D eigenvalue weighted by molar-refractivity contribution is 9.10. The highest BCUT2D eigenvalue weighted by Crippen LogP contribution is 2.34. The number of nitrogens with two attached hydrogens (primary N) is 1. The normalized spacial score (nSPS) is 26.7. The van der Waals surface area contributed by atoms with E-state index in [2.05, 4.69) is 41.8 Å². The number of hydrogen-bond acceptors (Lipinski definition) is 3. The molecule has 1 aromatic rings. The summed E-state index contributed by atoms with van der Waals surface area (Å²) in [5.74, 6) is 0.385. The van der Waals surface area contributed by atoms with Crippen LogP contribution >= 0.6 is 15.9 Å². The van der Waals surface area contributed by atoms with Gasteiger partial charge in [0.15, 0.2) is 0 Å². The van der Waals surface area contributed by atoms with Gasteiger partial charge in [-0.1, -0.05) is 0 Å². The van der Waals surface area contributed by atoms with Crippen molar-refractivity contribution in [3.8, 4) is 0 Å². The third-order valence-corrected chi connectivity index (χ3v) is 3.94. The van der Waals surface area contributed by atoms with E-state index in [9.17, 15) is 0 Å². The molecule has 5 heteroatoms. The lowest BCUT2D eigenvalue weighted by Crippen LogP contribution is -2.26. The van der Waals surface area contributed by atoms with Crippen molar-refractivity contribution in [2.45, 2.75) is 45.4 Å². The molecule has 0 saturated carbocycles. The molecule has 3 atom stereocenters. The Balaban J connectivity index is 2.24. The maximum absolute atomic E-state index is 6.38. The predicted octanol–water partition coefficient (Wildman–Crippen LogP) is 2.65. The van der Waals surface area contributed by atoms with Crippen molar-refractivity contribution in [3.05, 3.63) is 16.4 Å². The quantitative estimate of drug-likeness (QED) is 0.934. The van der Waals surface area contributed by atoms with E-state index >= 15 is 0 Å². The molecule has 4 nitrogen and oxygen atoms in total. The van der Waals surface area contributed by atoms with Gasteiger partial charge in [0.05, 0.1) is 35.1 Å². The Bertz CT molecular complexity index is 391. The highest BCUT2D eigenvalue weighted by Gasteiger charge is 2.31. The number of hydrogen-bond donors (Lipinski definition) is 1. The van der Waals surface area contributed by atoms with Crippen molar-refractivity contribution in [1.82, 2.24) is 9.78 Å². The standard InChI is InChI=1S/C12H20BrN3O/c1-7(2)16-12(10(13)5-15-16)11(14)9-4-8(3)17-6-9/h5,7-9,11H,4,6,14H2,1-3H3. The molecule has 1 aromatic heterocycles. The van der Waals surface area contributed by atoms with Crippen LogP contribution in [0.3, 0.4) is 0 Å². The predicted molar refractivity (Wildman–Crippen MR) is 70.8 cm³/mol. The van der Waals surface area contributed by atoms with E-state index in [1.807, 2.05) is 10.9 Å². The molecular formula is C12H20BrN3O. The van der Waals surface area contributed by atoms with E-state index in [1.54, 1.807) is 0 Å². The zero-order valence-corrected chi connectivity index (χ0v) is 12.1. The number of halogens is 1. The Morgan fingerprint density at radius 3 is 2.82 bits per heavy atom. The van der Waals surface area contributed by atoms with Crippen molar-refractivity contribution < 1.29 is 4.74 Å². The van der Waals surface area contributed by atoms with Crippen molar-refractivity contribution in [2.24, 2.45) is 11.7 Å². The molecular weight excluding hydrogens is 282 g/mol. The van der Waals surface area contributed by atoms with Gasteiger partial charge in [-0.15, -0.1) is 0 Å². The Hall–Kier alpha value is -0.390. The molecule has 2 heterocycles. The molecule has 96 valence electrons. The van der Waals surface area contributed by atoms with Gasteiger partial charge in [-0.3, -0.25) is 4.68 Å². The summed E-state index contributed by atoms with van der Waals surface area (Å²) in [4.78, 5) is 0. The van der Waals surface area contributed by atoms with Gasteiger partial charge in [0, 0.05) is 12.0 Å². The van der Waals surface area contributed by atoms with Gasteiger partial charge in [0.2, 0.25) is 0 Å². The van der Waals surface area contributed by atoms with Gasteiger partial charge in [0.1, 0.15) is 0 Å². The van der Waals surface area contributed by atoms with Crippen molar-refractivity contribution >= 4 is 15.9 Å². The second-order valence-electron chi connectivity index (χ2n) is 5.08. The molecule has 0 aliphatic carbocycles. The fourth-order valence-corrected chi connectivity index (χ4v) is 2.94. The molecule has 0 spiro atoms. The molecule has 1 saturated heterocycles. The van der Waals surface area contributed by atoms with Crippen LogP contribution in [0.2, 0.25) is 0 Å². The largest absolute Gasteiger partial charge is 0.378 e. The van der Waals surface area contributed by atoms with Crippen LogP contribution in [0.4, 0.5) is 0 Å². The molecule has 3 unspecified atom stereocenters. The summed E-state index contributed by atoms with van der Waals surface area (Å²) in [7, 11) is 0. The van der Waals surface area contributed by atoms with Crippen LogP contribution in [0.5, 0.6) is 0 Å². The molecule has 2 N–H and O–H groups in total. The van der Waals surface area contributed by atoms with Crippen molar-refractivity contribution in [1.29, 1.82) is 0 Å². The first-order valence-electron chi connectivity index (χ1n) is 6.10. The molecule has 1 aliphatic rings. The minimum absolute atomic E-state index is 0.0146. The van der Waals surface area contributed by atoms with Gasteiger partial charge in [-0.25, -0.2) is 0 Å². The van der Waals surface area contributed by atoms with Crippen molar-refractivity contribution in [2.75, 3.05) is 6.61 Å². The Morgan fingerprint density at radius 1 is 1.59 bits per heavy atom. The molecule has 1 fully saturated rings. The van der Waals surface area contributed by atoms with Crippen LogP contribution in [-0.2, 0) is 4.74 Å². The second-order valence-corrected chi connectivity index (χ2v) is 5.94. The van der Waals surface area contributed by atoms with Gasteiger partial charge in [-0.2, -0.15) is 5.10 Å². The maximum Gasteiger partial charge on any atom is 0.0700 e. The monoisotopic (exact) mass is 301 g/mol. The van der Waals surface area contributed by atoms with E-state index in [4.69, 9.17) is 10.5 Å². The van der Waals surface area contributed by atoms with Crippen LogP contribution in [0.1, 0.15) is 45.0 Å². The summed E-state index contributed by atoms with van der Waals surface area (Å²) >= 11 is 3.54. The third kappa shape index (κ3) is 2.56. The Morgan fingerprint density at radius 2 is 2.29 bits per heavy atom.